The smallest absolute Gasteiger partial charge is 0.252 e. The van der Waals surface area contributed by atoms with Gasteiger partial charge in [0.05, 0.1) is 23.7 Å². The van der Waals surface area contributed by atoms with E-state index < -0.39 is 11.6 Å². The number of carbonyl (C=O) groups excluding carboxylic acids is 2. The maximum Gasteiger partial charge on any atom is 0.252 e. The second-order valence-corrected chi connectivity index (χ2v) is 5.85. The van der Waals surface area contributed by atoms with E-state index in [1.165, 1.54) is 23.7 Å². The minimum absolute atomic E-state index is 0.102. The van der Waals surface area contributed by atoms with Gasteiger partial charge in [0.25, 0.3) is 5.91 Å². The summed E-state index contributed by atoms with van der Waals surface area (Å²) in [6, 6.07) is 6.79. The van der Waals surface area contributed by atoms with Crippen molar-refractivity contribution in [3.63, 3.8) is 0 Å². The summed E-state index contributed by atoms with van der Waals surface area (Å²) < 4.78 is 14.3. The van der Waals surface area contributed by atoms with Crippen molar-refractivity contribution >= 4 is 23.0 Å². The monoisotopic (exact) mass is 330 g/mol. The number of rotatable bonds is 4. The predicted octanol–water partition coefficient (Wildman–Crippen LogP) is 2.90. The molecule has 3 rings (SSSR count). The molecule has 0 aliphatic heterocycles. The van der Waals surface area contributed by atoms with E-state index in [1.807, 2.05) is 17.5 Å². The van der Waals surface area contributed by atoms with Crippen LogP contribution in [-0.4, -0.2) is 26.6 Å². The van der Waals surface area contributed by atoms with Crippen molar-refractivity contribution in [2.24, 2.45) is 0 Å². The van der Waals surface area contributed by atoms with Crippen LogP contribution in [-0.2, 0) is 6.42 Å². The summed E-state index contributed by atoms with van der Waals surface area (Å²) in [5.41, 5.74) is -0.0688. The Bertz CT molecular complexity index is 871. The summed E-state index contributed by atoms with van der Waals surface area (Å²) in [6.45, 7) is 0. The number of hydrogen-bond acceptors (Lipinski definition) is 5. The second kappa shape index (κ2) is 6.13. The zero-order chi connectivity index (χ0) is 16.4. The molecule has 1 aromatic carbocycles. The van der Waals surface area contributed by atoms with Gasteiger partial charge in [0.2, 0.25) is 0 Å². The number of phenols is 1. The zero-order valence-corrected chi connectivity index (χ0v) is 12.6. The van der Waals surface area contributed by atoms with Crippen molar-refractivity contribution in [3.05, 3.63) is 69.9 Å². The third-order valence-corrected chi connectivity index (χ3v) is 4.09. The van der Waals surface area contributed by atoms with Gasteiger partial charge in [-0.2, -0.15) is 5.10 Å². The second-order valence-electron chi connectivity index (χ2n) is 4.81. The molecule has 1 N–H and O–H groups in total. The Morgan fingerprint density at radius 3 is 2.87 bits per heavy atom. The fourth-order valence-electron chi connectivity index (χ4n) is 2.07. The van der Waals surface area contributed by atoms with E-state index in [9.17, 15) is 19.1 Å². The lowest BCUT2D eigenvalue weighted by Crippen LogP contribution is -2.13. The third-order valence-electron chi connectivity index (χ3n) is 3.21. The van der Waals surface area contributed by atoms with Crippen molar-refractivity contribution < 1.29 is 19.1 Å². The van der Waals surface area contributed by atoms with Crippen molar-refractivity contribution in [2.45, 2.75) is 6.42 Å². The molecule has 0 saturated carbocycles. The first-order chi connectivity index (χ1) is 11.0. The highest BCUT2D eigenvalue weighted by Gasteiger charge is 2.18. The molecule has 2 heterocycles. The first kappa shape index (κ1) is 15.1. The van der Waals surface area contributed by atoms with E-state index in [0.29, 0.717) is 0 Å². The number of aromatic hydroxyl groups is 1. The van der Waals surface area contributed by atoms with Crippen molar-refractivity contribution in [2.75, 3.05) is 0 Å². The number of benzene rings is 1. The van der Waals surface area contributed by atoms with Crippen LogP contribution in [0.25, 0.3) is 0 Å². The molecule has 0 aliphatic carbocycles. The molecule has 3 aromatic rings. The predicted molar refractivity (Wildman–Crippen MR) is 82.4 cm³/mol. The lowest BCUT2D eigenvalue weighted by molar-refractivity contribution is 0.0899. The molecule has 0 aliphatic rings. The molecule has 0 atom stereocenters. The highest BCUT2D eigenvalue weighted by molar-refractivity contribution is 7.10. The van der Waals surface area contributed by atoms with Crippen molar-refractivity contribution in [3.8, 4) is 5.75 Å². The number of ketones is 1. The van der Waals surface area contributed by atoms with Crippen LogP contribution in [0.2, 0.25) is 0 Å². The lowest BCUT2D eigenvalue weighted by Gasteiger charge is -2.02. The van der Waals surface area contributed by atoms with Crippen molar-refractivity contribution in [1.29, 1.82) is 0 Å². The van der Waals surface area contributed by atoms with Gasteiger partial charge in [0.15, 0.2) is 5.78 Å². The van der Waals surface area contributed by atoms with Crippen LogP contribution in [0.1, 0.15) is 25.6 Å². The van der Waals surface area contributed by atoms with Crippen LogP contribution in [0.5, 0.6) is 5.75 Å². The van der Waals surface area contributed by atoms with Gasteiger partial charge in [-0.3, -0.25) is 9.59 Å². The van der Waals surface area contributed by atoms with E-state index in [-0.39, 0.29) is 29.2 Å². The average Bonchev–Trinajstić information content (AvgIpc) is 3.20. The molecule has 0 unspecified atom stereocenters. The van der Waals surface area contributed by atoms with E-state index in [1.54, 1.807) is 0 Å². The molecule has 7 heteroatoms. The van der Waals surface area contributed by atoms with Gasteiger partial charge in [-0.05, 0) is 29.6 Å². The molecule has 0 fully saturated rings. The first-order valence-electron chi connectivity index (χ1n) is 6.68. The Balaban J connectivity index is 1.82. The highest BCUT2D eigenvalue weighted by Crippen LogP contribution is 2.21. The molecule has 2 aromatic heterocycles. The number of hydrogen-bond donors (Lipinski definition) is 1. The molecule has 23 heavy (non-hydrogen) atoms. The molecule has 0 saturated heterocycles. The third kappa shape index (κ3) is 3.19. The van der Waals surface area contributed by atoms with Gasteiger partial charge in [0, 0.05) is 11.1 Å². The standard InChI is InChI=1S/C16H11FN2O3S/c17-11-3-4-14(20)13(6-11)16(22)10-8-18-19(9-10)15(21)7-12-2-1-5-23-12/h1-6,8-9,20H,7H2. The molecule has 0 amide bonds. The number of nitrogens with zero attached hydrogens (tertiary/aromatic N) is 2. The zero-order valence-electron chi connectivity index (χ0n) is 11.8. The summed E-state index contributed by atoms with van der Waals surface area (Å²) >= 11 is 1.46. The fourth-order valence-corrected chi connectivity index (χ4v) is 2.76. The van der Waals surface area contributed by atoms with Gasteiger partial charge in [0.1, 0.15) is 11.6 Å². The summed E-state index contributed by atoms with van der Waals surface area (Å²) in [6.07, 6.45) is 2.68. The molecule has 116 valence electrons. The number of carbonyl (C=O) groups is 2. The average molecular weight is 330 g/mol. The fraction of sp³-hybridized carbons (Fsp3) is 0.0625. The Hall–Kier alpha value is -2.80. The largest absolute Gasteiger partial charge is 0.507 e. The van der Waals surface area contributed by atoms with Gasteiger partial charge in [-0.15, -0.1) is 11.3 Å². The van der Waals surface area contributed by atoms with Crippen molar-refractivity contribution in [1.82, 2.24) is 9.78 Å². The summed E-state index contributed by atoms with van der Waals surface area (Å²) in [7, 11) is 0. The number of thiophene rings is 1. The van der Waals surface area contributed by atoms with E-state index in [0.717, 1.165) is 27.8 Å². The summed E-state index contributed by atoms with van der Waals surface area (Å²) in [5, 5.41) is 15.4. The van der Waals surface area contributed by atoms with E-state index in [4.69, 9.17) is 0 Å². The molecular formula is C16H11FN2O3S. The Kier molecular flexibility index (Phi) is 4.03. The normalized spacial score (nSPS) is 10.7. The Labute approximate surface area is 134 Å². The molecular weight excluding hydrogens is 319 g/mol. The summed E-state index contributed by atoms with van der Waals surface area (Å²) in [5.74, 6) is -1.84. The van der Waals surface area contributed by atoms with Crippen LogP contribution < -0.4 is 0 Å². The maximum atomic E-state index is 13.2. The number of halogens is 1. The van der Waals surface area contributed by atoms with Gasteiger partial charge in [-0.1, -0.05) is 6.07 Å². The van der Waals surface area contributed by atoms with Crippen LogP contribution in [0.15, 0.2) is 48.1 Å². The Morgan fingerprint density at radius 2 is 2.13 bits per heavy atom. The number of aromatic nitrogens is 2. The molecule has 0 radical (unpaired) electrons. The van der Waals surface area contributed by atoms with Crippen LogP contribution in [0.4, 0.5) is 4.39 Å². The SMILES string of the molecule is O=C(c1cnn(C(=O)Cc2cccs2)c1)c1cc(F)ccc1O. The van der Waals surface area contributed by atoms with Gasteiger partial charge in [-0.25, -0.2) is 9.07 Å². The van der Waals surface area contributed by atoms with E-state index >= 15 is 0 Å². The number of phenolic OH excluding ortho intramolecular Hbond substituents is 1. The molecule has 0 bridgehead atoms. The topological polar surface area (TPSA) is 72.2 Å². The van der Waals surface area contributed by atoms with E-state index in [2.05, 4.69) is 5.10 Å². The van der Waals surface area contributed by atoms with Crippen LogP contribution >= 0.6 is 11.3 Å². The van der Waals surface area contributed by atoms with Gasteiger partial charge >= 0.3 is 0 Å². The summed E-state index contributed by atoms with van der Waals surface area (Å²) in [4.78, 5) is 25.3. The lowest BCUT2D eigenvalue weighted by atomic mass is 10.1. The highest BCUT2D eigenvalue weighted by atomic mass is 32.1. The van der Waals surface area contributed by atoms with Crippen LogP contribution in [0.3, 0.4) is 0 Å². The minimum Gasteiger partial charge on any atom is -0.507 e. The van der Waals surface area contributed by atoms with Gasteiger partial charge < -0.3 is 5.11 Å². The first-order valence-corrected chi connectivity index (χ1v) is 7.56. The van der Waals surface area contributed by atoms with Crippen LogP contribution in [0, 0.1) is 5.82 Å². The minimum atomic E-state index is -0.632. The molecule has 0 spiro atoms. The quantitative estimate of drug-likeness (QED) is 0.747. The Morgan fingerprint density at radius 1 is 1.30 bits per heavy atom. The molecule has 5 nitrogen and oxygen atoms in total. The maximum absolute atomic E-state index is 13.2.